The van der Waals surface area contributed by atoms with E-state index >= 15 is 9.59 Å². The Bertz CT molecular complexity index is 5550. The van der Waals surface area contributed by atoms with Crippen molar-refractivity contribution in [3.05, 3.63) is 129 Å². The molecular formula is C92H122N18O24S2. The number of aliphatic carboxylic acids is 5. The minimum atomic E-state index is -2.59. The third kappa shape index (κ3) is 21.5. The van der Waals surface area contributed by atoms with Crippen LogP contribution in [0.5, 0.6) is 0 Å². The number of rotatable bonds is 46. The number of H-pyrrole nitrogens is 2. The van der Waals surface area contributed by atoms with E-state index in [0.29, 0.717) is 112 Å². The van der Waals surface area contributed by atoms with Gasteiger partial charge in [0.2, 0.25) is 17.8 Å². The topological polar surface area (TPSA) is 640 Å². The molecule has 4 unspecified atom stereocenters. The molecule has 1 aliphatic carbocycles. The number of nitrogens with one attached hydrogen (secondary N) is 10. The molecule has 22 N–H and O–H groups in total. The van der Waals surface area contributed by atoms with Crippen LogP contribution in [0.4, 0.5) is 28.8 Å². The van der Waals surface area contributed by atoms with Gasteiger partial charge in [0.1, 0.15) is 29.0 Å². The molecule has 2 aromatic heterocycles. The number of nitrogens with zero attached hydrogens (tertiary/aromatic N) is 6. The molecule has 3 aromatic carbocycles. The number of likely N-dealkylation sites (N-methyl/N-ethyl adjacent to an activating group) is 3. The third-order valence-corrected chi connectivity index (χ3v) is 30.6. The summed E-state index contributed by atoms with van der Waals surface area (Å²) in [7, 11) is 8.76. The van der Waals surface area contributed by atoms with Crippen molar-refractivity contribution >= 4 is 144 Å². The minimum Gasteiger partial charge on any atom is -0.481 e. The Morgan fingerprint density at radius 3 is 2.11 bits per heavy atom. The van der Waals surface area contributed by atoms with Gasteiger partial charge >= 0.3 is 35.8 Å². The number of fused-ring (bicyclic) bond motifs is 7. The maximum absolute atomic E-state index is 15.6. The number of hydrazine groups is 1. The van der Waals surface area contributed by atoms with Gasteiger partial charge in [-0.3, -0.25) is 93.4 Å². The molecule has 0 radical (unpaired) electrons. The van der Waals surface area contributed by atoms with Crippen molar-refractivity contribution in [2.75, 3.05) is 124 Å². The number of nitrogens with two attached hydrogens (primary N) is 2. The number of aromatic nitrogens is 3. The summed E-state index contributed by atoms with van der Waals surface area (Å²) in [6.45, 7) is 13.1. The van der Waals surface area contributed by atoms with E-state index in [1.165, 1.54) is 19.2 Å². The summed E-state index contributed by atoms with van der Waals surface area (Å²) in [6, 6.07) is 11.0. The van der Waals surface area contributed by atoms with E-state index in [4.69, 9.17) is 26.4 Å². The summed E-state index contributed by atoms with van der Waals surface area (Å²) in [5.41, 5.74) is 15.0. The number of carbonyl (C=O) groups is 13. The highest BCUT2D eigenvalue weighted by molar-refractivity contribution is 8.76. The summed E-state index contributed by atoms with van der Waals surface area (Å²) in [4.78, 5) is 210. The number of ether oxygens (including phenoxy) is 2. The number of hydrogen-bond donors (Lipinski definition) is 20. The maximum atomic E-state index is 15.6. The SMILES string of the molecule is C=C(NNC(=O)[C@@]1(O)[C@H]2N(C)c3cc(C)c([C@]4(C(=O)OC)CC5CN(CCc6c4[nH]c4ccccc64)CC(O)(CC)C5)cc3[C@]23CCN2CC=C[C@@](CC)([C@@H]23)[C@@H]1O)OCCSSC[C@H](CC(=O)[C@H](CC(=O)O)NC(=O)[C@H](CC(=O)O)CC(=O)[C@H](CCCNC(=N)N)NC(=O)[C@H](CC(=O)O)CC(=O)CC[C@H](NC(=O)c1ccc(N(C)CC2CNc3nc(N)[nH]c(=O)c3N2C)cc1)C(=O)O)C(=O)O. The van der Waals surface area contributed by atoms with E-state index in [9.17, 15) is 98.4 Å². The number of aliphatic hydroxyl groups excluding tert-OH is 1. The number of aliphatic hydroxyl groups is 3. The third-order valence-electron chi connectivity index (χ3n) is 28.1. The predicted octanol–water partition coefficient (Wildman–Crippen LogP) is 2.20. The van der Waals surface area contributed by atoms with Gasteiger partial charge in [0.25, 0.3) is 17.4 Å². The van der Waals surface area contributed by atoms with Crippen LogP contribution in [-0.4, -0.2) is 301 Å². The van der Waals surface area contributed by atoms with E-state index in [1.54, 1.807) is 38.2 Å². The zero-order valence-electron chi connectivity index (χ0n) is 76.8. The summed E-state index contributed by atoms with van der Waals surface area (Å²) >= 11 is 0. The zero-order chi connectivity index (χ0) is 99.0. The quantitative estimate of drug-likeness (QED) is 0.00388. The van der Waals surface area contributed by atoms with Crippen LogP contribution in [0.15, 0.2) is 90.1 Å². The Morgan fingerprint density at radius 1 is 0.772 bits per heavy atom. The standard InChI is InChI=1S/C92H122N18O24S2/c1-9-88(131)41-50-42-91(85(130)133-8,73-59(24-29-109(44-50)47-88)58-15-11-12-16-62(58)98-73)60-39-61-66(33-48(60)3)108(7)82-90(61)26-30-110-28-14-25-89(10-2,81(90)110)83(128)92(82,132)84(129)105-104-49(4)134-31-32-135-136-46-54(79(124)125)36-68(113)65(40-71(118)119)101-77(122)53(38-70(116)117)35-67(112)63(17-13-27-96-86(93)94)99-76(121)52(37-69(114)115)34-57(111)22-23-64(80(126)127)100-75(120)51-18-20-55(21-19-51)106(5)45-56-43-97-74-72(107(56)6)78(123)103-87(95)102-74/h11-12,14-16,18-21,25,33,39,50,52-54,56,63-65,81-83,98,104,128,131-132H,4,9-10,13,17,22-24,26-32,34-38,40-47H2,1-3,5-8H3,(H,99,121)(H,100,120)(H,101,122)(H,105,129)(H,114,115)(H,116,117)(H,118,119)(H,124,125)(H,126,127)(H4,93,94,96)(H4,95,97,102,103,123)/t50?,52-,53-,54-,56?,63-,64-,65-,81+,82-,83-,88?,89-,90-,91+,92+/m0/s1. The van der Waals surface area contributed by atoms with Crippen LogP contribution in [0.3, 0.4) is 0 Å². The van der Waals surface area contributed by atoms with Crippen molar-refractivity contribution in [3.63, 3.8) is 0 Å². The molecule has 42 nitrogen and oxygen atoms in total. The van der Waals surface area contributed by atoms with Crippen molar-refractivity contribution < 1.29 is 113 Å². The second kappa shape index (κ2) is 42.9. The lowest BCUT2D eigenvalue weighted by Crippen LogP contribution is -2.82. The number of benzene rings is 3. The average Bonchev–Trinajstić information content (AvgIpc) is 1.46. The van der Waals surface area contributed by atoms with Crippen LogP contribution in [0.25, 0.3) is 10.9 Å². The van der Waals surface area contributed by atoms with Crippen LogP contribution in [0.1, 0.15) is 148 Å². The second-order valence-electron chi connectivity index (χ2n) is 36.7. The van der Waals surface area contributed by atoms with E-state index < -0.39 is 221 Å². The molecule has 17 atom stereocenters. The summed E-state index contributed by atoms with van der Waals surface area (Å²) < 4.78 is 11.9. The molecule has 736 valence electrons. The van der Waals surface area contributed by atoms with Crippen LogP contribution >= 0.6 is 21.6 Å². The lowest BCUT2D eigenvalue weighted by Gasteiger charge is -2.63. The molecule has 4 amide bonds. The van der Waals surface area contributed by atoms with Gasteiger partial charge in [-0.25, -0.2) is 4.79 Å². The van der Waals surface area contributed by atoms with Crippen LogP contribution in [0.2, 0.25) is 0 Å². The number of piperidine rings is 1. The molecule has 5 aromatic rings. The lowest BCUT2D eigenvalue weighted by molar-refractivity contribution is -0.204. The first-order valence-corrected chi connectivity index (χ1v) is 47.8. The number of amides is 4. The van der Waals surface area contributed by atoms with Gasteiger partial charge < -0.3 is 108 Å². The number of carboxylic acid groups (broad SMARTS) is 5. The highest BCUT2D eigenvalue weighted by Gasteiger charge is 2.79. The molecule has 1 spiro atoms. The lowest BCUT2D eigenvalue weighted by atomic mass is 9.47. The number of nitrogen functional groups attached to an aromatic ring is 1. The molecule has 2 saturated heterocycles. The number of ketones is 3. The maximum Gasteiger partial charge on any atom is 0.326 e. The molecule has 2 bridgehead atoms. The Balaban J connectivity index is 0.651. The molecule has 6 aliphatic heterocycles. The van der Waals surface area contributed by atoms with E-state index in [-0.39, 0.29) is 73.3 Å². The fourth-order valence-corrected chi connectivity index (χ4v) is 23.8. The molecule has 8 heterocycles. The van der Waals surface area contributed by atoms with Crippen molar-refractivity contribution in [2.45, 2.75) is 188 Å². The van der Waals surface area contributed by atoms with Gasteiger partial charge in [0.05, 0.1) is 80.5 Å². The number of carboxylic acids is 5. The summed E-state index contributed by atoms with van der Waals surface area (Å²) in [5, 5.41) is 111. The second-order valence-corrected chi connectivity index (χ2v) is 39.4. The van der Waals surface area contributed by atoms with Gasteiger partial charge in [0.15, 0.2) is 34.8 Å². The fraction of sp³-hybridized carbons (Fsp3) is 0.543. The molecule has 3 fully saturated rings. The smallest absolute Gasteiger partial charge is 0.326 e. The van der Waals surface area contributed by atoms with E-state index in [2.05, 4.69) is 80.9 Å². The number of carbonyl (C=O) groups excluding carboxylic acids is 8. The zero-order valence-corrected chi connectivity index (χ0v) is 78.5. The Kier molecular flexibility index (Phi) is 32.4. The van der Waals surface area contributed by atoms with Crippen molar-refractivity contribution in [2.24, 2.45) is 34.8 Å². The number of methoxy groups -OCH3 is 1. The Labute approximate surface area is 791 Å². The molecule has 7 aliphatic rings. The first-order chi connectivity index (χ1) is 64.5. The number of hydrogen-bond acceptors (Lipinski definition) is 31. The van der Waals surface area contributed by atoms with Crippen molar-refractivity contribution in [1.82, 2.24) is 56.9 Å². The van der Waals surface area contributed by atoms with E-state index in [1.807, 2.05) is 67.0 Å². The highest BCUT2D eigenvalue weighted by atomic mass is 33.1. The number of Topliss-reactive ketones (excluding diaryl/α,β-unsaturated/α-hetero) is 3. The summed E-state index contributed by atoms with van der Waals surface area (Å²) in [5.74, 6) is -21.8. The Hall–Kier alpha value is -12.4. The number of esters is 1. The largest absolute Gasteiger partial charge is 0.481 e. The molecule has 136 heavy (non-hydrogen) atoms. The molecular weight excluding hydrogens is 1810 g/mol. The number of guanidine groups is 1. The summed E-state index contributed by atoms with van der Waals surface area (Å²) in [6.07, 6.45) is -2.94. The normalized spacial score (nSPS) is 24.7. The first kappa shape index (κ1) is 103. The Morgan fingerprint density at radius 2 is 1.45 bits per heavy atom. The van der Waals surface area contributed by atoms with Crippen molar-refractivity contribution in [3.8, 4) is 0 Å². The number of anilines is 5. The van der Waals surface area contributed by atoms with Gasteiger partial charge in [-0.15, -0.1) is 0 Å². The van der Waals surface area contributed by atoms with Crippen LogP contribution in [-0.2, 0) is 84.3 Å². The molecule has 1 saturated carbocycles. The van der Waals surface area contributed by atoms with Gasteiger partial charge in [-0.2, -0.15) is 4.98 Å². The van der Waals surface area contributed by atoms with Crippen LogP contribution in [0, 0.1) is 41.4 Å². The van der Waals surface area contributed by atoms with Gasteiger partial charge in [-0.1, -0.05) is 71.9 Å². The number of para-hydroxylation sites is 1. The fourth-order valence-electron chi connectivity index (χ4n) is 21.7. The first-order valence-electron chi connectivity index (χ1n) is 45.3. The molecule has 44 heteroatoms. The minimum absolute atomic E-state index is 0.0395. The monoisotopic (exact) mass is 1930 g/mol. The van der Waals surface area contributed by atoms with Crippen molar-refractivity contribution in [1.29, 1.82) is 5.41 Å². The number of aryl methyl sites for hydroxylation is 1. The molecule has 12 rings (SSSR count). The van der Waals surface area contributed by atoms with Gasteiger partial charge in [-0.05, 0) is 142 Å². The average molecular weight is 1930 g/mol. The predicted molar refractivity (Wildman–Crippen MR) is 503 cm³/mol. The number of aromatic amines is 2. The van der Waals surface area contributed by atoms with Gasteiger partial charge in [0, 0.05) is 155 Å². The highest BCUT2D eigenvalue weighted by Crippen LogP contribution is 2.67. The van der Waals surface area contributed by atoms with E-state index in [0.717, 1.165) is 49.2 Å². The van der Waals surface area contributed by atoms with Crippen LogP contribution < -0.4 is 69.2 Å².